The third-order valence-corrected chi connectivity index (χ3v) is 5.67. The van der Waals surface area contributed by atoms with Crippen LogP contribution in [0.4, 0.5) is 10.5 Å². The largest absolute Gasteiger partial charge is 0.491 e. The lowest BCUT2D eigenvalue weighted by Gasteiger charge is -2.33. The Morgan fingerprint density at radius 2 is 1.93 bits per heavy atom. The highest BCUT2D eigenvalue weighted by molar-refractivity contribution is 5.86. The van der Waals surface area contributed by atoms with Crippen LogP contribution in [0.1, 0.15) is 58.3 Å². The summed E-state index contributed by atoms with van der Waals surface area (Å²) in [4.78, 5) is 15.1. The number of ether oxygens (including phenoxy) is 2. The van der Waals surface area contributed by atoms with Crippen LogP contribution in [0, 0.1) is 5.92 Å². The first kappa shape index (κ1) is 20.0. The molecule has 1 saturated heterocycles. The maximum Gasteiger partial charge on any atom is 0.412 e. The van der Waals surface area contributed by atoms with E-state index in [2.05, 4.69) is 17.1 Å². The average molecular weight is 375 g/mol. The zero-order valence-corrected chi connectivity index (χ0v) is 16.6. The van der Waals surface area contributed by atoms with E-state index in [9.17, 15) is 4.79 Å². The highest BCUT2D eigenvalue weighted by Crippen LogP contribution is 2.30. The van der Waals surface area contributed by atoms with Crippen molar-refractivity contribution in [3.8, 4) is 5.75 Å². The highest BCUT2D eigenvalue weighted by Gasteiger charge is 2.30. The minimum absolute atomic E-state index is 0.0209. The van der Waals surface area contributed by atoms with Crippen LogP contribution in [-0.4, -0.2) is 43.3 Å². The van der Waals surface area contributed by atoms with E-state index < -0.39 is 0 Å². The minimum atomic E-state index is -0.361. The van der Waals surface area contributed by atoms with Gasteiger partial charge in [0.25, 0.3) is 0 Å². The molecule has 2 aliphatic rings. The van der Waals surface area contributed by atoms with Crippen molar-refractivity contribution in [2.24, 2.45) is 5.92 Å². The van der Waals surface area contributed by atoms with Gasteiger partial charge in [-0.2, -0.15) is 0 Å². The van der Waals surface area contributed by atoms with Crippen molar-refractivity contribution in [1.82, 2.24) is 4.90 Å². The van der Waals surface area contributed by atoms with Gasteiger partial charge >= 0.3 is 6.09 Å². The van der Waals surface area contributed by atoms with Crippen LogP contribution < -0.4 is 10.1 Å². The van der Waals surface area contributed by atoms with E-state index in [0.29, 0.717) is 24.0 Å². The molecule has 1 aromatic carbocycles. The van der Waals surface area contributed by atoms with Gasteiger partial charge in [-0.3, -0.25) is 5.32 Å². The van der Waals surface area contributed by atoms with E-state index >= 15 is 0 Å². The van der Waals surface area contributed by atoms with Crippen LogP contribution in [0.25, 0.3) is 0 Å². The van der Waals surface area contributed by atoms with Crippen molar-refractivity contribution < 1.29 is 14.3 Å². The number of carbonyl (C=O) groups is 1. The molecule has 0 unspecified atom stereocenters. The Morgan fingerprint density at radius 3 is 2.74 bits per heavy atom. The second-order valence-electron chi connectivity index (χ2n) is 7.82. The molecule has 3 rings (SSSR count). The number of para-hydroxylation sites is 2. The van der Waals surface area contributed by atoms with Gasteiger partial charge in [0.2, 0.25) is 0 Å². The third-order valence-electron chi connectivity index (χ3n) is 5.67. The SMILES string of the molecule is CCCCOc1ccccc1NC(=O)O[C@@H]1CCCC[C@H]1CN1CCCC1. The van der Waals surface area contributed by atoms with Crippen molar-refractivity contribution in [2.75, 3.05) is 31.6 Å². The van der Waals surface area contributed by atoms with Gasteiger partial charge in [-0.05, 0) is 63.7 Å². The number of nitrogens with zero attached hydrogens (tertiary/aromatic N) is 1. The van der Waals surface area contributed by atoms with Crippen molar-refractivity contribution in [3.63, 3.8) is 0 Å². The Labute approximate surface area is 163 Å². The monoisotopic (exact) mass is 374 g/mol. The first-order valence-corrected chi connectivity index (χ1v) is 10.7. The van der Waals surface area contributed by atoms with Gasteiger partial charge in [0, 0.05) is 12.5 Å². The van der Waals surface area contributed by atoms with E-state index in [-0.39, 0.29) is 12.2 Å². The van der Waals surface area contributed by atoms with Gasteiger partial charge in [0.05, 0.1) is 12.3 Å². The molecule has 1 N–H and O–H groups in total. The summed E-state index contributed by atoms with van der Waals surface area (Å²) < 4.78 is 11.7. The minimum Gasteiger partial charge on any atom is -0.491 e. The molecule has 27 heavy (non-hydrogen) atoms. The van der Waals surface area contributed by atoms with Crippen molar-refractivity contribution in [1.29, 1.82) is 0 Å². The van der Waals surface area contributed by atoms with Crippen molar-refractivity contribution in [2.45, 2.75) is 64.4 Å². The number of unbranched alkanes of at least 4 members (excludes halogenated alkanes) is 1. The Bertz CT molecular complexity index is 587. The van der Waals surface area contributed by atoms with E-state index in [1.54, 1.807) is 0 Å². The fourth-order valence-electron chi connectivity index (χ4n) is 4.13. The quantitative estimate of drug-likeness (QED) is 0.646. The van der Waals surface area contributed by atoms with Crippen LogP contribution in [0.3, 0.4) is 0 Å². The van der Waals surface area contributed by atoms with Gasteiger partial charge in [-0.15, -0.1) is 0 Å². The molecule has 1 saturated carbocycles. The Hall–Kier alpha value is -1.75. The Balaban J connectivity index is 1.54. The van der Waals surface area contributed by atoms with Gasteiger partial charge < -0.3 is 14.4 Å². The summed E-state index contributed by atoms with van der Waals surface area (Å²) in [5, 5.41) is 2.90. The first-order chi connectivity index (χ1) is 13.3. The topological polar surface area (TPSA) is 50.8 Å². The lowest BCUT2D eigenvalue weighted by atomic mass is 9.86. The molecule has 0 bridgehead atoms. The van der Waals surface area contributed by atoms with Gasteiger partial charge in [-0.1, -0.05) is 31.9 Å². The lowest BCUT2D eigenvalue weighted by molar-refractivity contribution is 0.0327. The summed E-state index contributed by atoms with van der Waals surface area (Å²) in [6, 6.07) is 7.58. The van der Waals surface area contributed by atoms with Crippen LogP contribution in [0.5, 0.6) is 5.75 Å². The number of nitrogens with one attached hydrogen (secondary N) is 1. The predicted molar refractivity (Wildman–Crippen MR) is 108 cm³/mol. The molecular formula is C22H34N2O3. The lowest BCUT2D eigenvalue weighted by Crippen LogP contribution is -2.38. The molecule has 1 aliphatic carbocycles. The highest BCUT2D eigenvalue weighted by atomic mass is 16.6. The molecule has 5 heteroatoms. The molecule has 0 aromatic heterocycles. The predicted octanol–water partition coefficient (Wildman–Crippen LogP) is 5.07. The number of anilines is 1. The molecule has 0 spiro atoms. The number of amides is 1. The molecule has 1 amide bonds. The summed E-state index contributed by atoms with van der Waals surface area (Å²) in [7, 11) is 0. The third kappa shape index (κ3) is 6.13. The fraction of sp³-hybridized carbons (Fsp3) is 0.682. The second kappa shape index (κ2) is 10.5. The zero-order chi connectivity index (χ0) is 18.9. The van der Waals surface area contributed by atoms with Gasteiger partial charge in [0.15, 0.2) is 0 Å². The molecule has 1 aromatic rings. The van der Waals surface area contributed by atoms with E-state index in [1.807, 2.05) is 24.3 Å². The van der Waals surface area contributed by atoms with E-state index in [0.717, 1.165) is 38.6 Å². The number of rotatable bonds is 8. The summed E-state index contributed by atoms with van der Waals surface area (Å²) in [5.41, 5.74) is 0.686. The first-order valence-electron chi connectivity index (χ1n) is 10.7. The zero-order valence-electron chi connectivity index (χ0n) is 16.6. The number of hydrogen-bond acceptors (Lipinski definition) is 4. The summed E-state index contributed by atoms with van der Waals surface area (Å²) in [6.45, 7) is 6.24. The molecule has 1 aliphatic heterocycles. The molecule has 0 radical (unpaired) electrons. The molecule has 1 heterocycles. The van der Waals surface area contributed by atoms with Crippen molar-refractivity contribution >= 4 is 11.8 Å². The number of likely N-dealkylation sites (tertiary alicyclic amines) is 1. The van der Waals surface area contributed by atoms with Crippen LogP contribution in [0.2, 0.25) is 0 Å². The molecular weight excluding hydrogens is 340 g/mol. The van der Waals surface area contributed by atoms with E-state index in [4.69, 9.17) is 9.47 Å². The standard InChI is InChI=1S/C22H34N2O3/c1-2-3-16-26-21-13-7-5-11-19(21)23-22(25)27-20-12-6-4-10-18(20)17-24-14-8-9-15-24/h5,7,11,13,18,20H,2-4,6,8-10,12,14-17H2,1H3,(H,23,25)/t18-,20+/m0/s1. The molecule has 2 atom stereocenters. The average Bonchev–Trinajstić information content (AvgIpc) is 3.18. The van der Waals surface area contributed by atoms with Gasteiger partial charge in [-0.25, -0.2) is 4.79 Å². The molecule has 5 nitrogen and oxygen atoms in total. The summed E-state index contributed by atoms with van der Waals surface area (Å²) in [6.07, 6.45) is 8.86. The smallest absolute Gasteiger partial charge is 0.412 e. The number of carbonyl (C=O) groups excluding carboxylic acids is 1. The second-order valence-corrected chi connectivity index (χ2v) is 7.82. The number of hydrogen-bond donors (Lipinski definition) is 1. The van der Waals surface area contributed by atoms with Crippen LogP contribution in [0.15, 0.2) is 24.3 Å². The summed E-state index contributed by atoms with van der Waals surface area (Å²) >= 11 is 0. The van der Waals surface area contributed by atoms with Crippen LogP contribution >= 0.6 is 0 Å². The maximum atomic E-state index is 12.5. The molecule has 2 fully saturated rings. The van der Waals surface area contributed by atoms with Crippen LogP contribution in [-0.2, 0) is 4.74 Å². The normalized spacial score (nSPS) is 23.1. The maximum absolute atomic E-state index is 12.5. The fourth-order valence-corrected chi connectivity index (χ4v) is 4.13. The summed E-state index contributed by atoms with van der Waals surface area (Å²) in [5.74, 6) is 1.17. The molecule has 150 valence electrons. The van der Waals surface area contributed by atoms with E-state index in [1.165, 1.54) is 32.4 Å². The van der Waals surface area contributed by atoms with Gasteiger partial charge in [0.1, 0.15) is 11.9 Å². The number of benzene rings is 1. The Kier molecular flexibility index (Phi) is 7.81. The Morgan fingerprint density at radius 1 is 1.15 bits per heavy atom. The van der Waals surface area contributed by atoms with Crippen molar-refractivity contribution in [3.05, 3.63) is 24.3 Å².